The molecular formula is C11H13N3O. The van der Waals surface area contributed by atoms with Crippen LogP contribution >= 0.6 is 0 Å². The van der Waals surface area contributed by atoms with Crippen LogP contribution in [-0.2, 0) is 11.3 Å². The number of H-pyrrole nitrogens is 1. The lowest BCUT2D eigenvalue weighted by molar-refractivity contribution is 0.185. The molecule has 0 aliphatic rings. The fraction of sp³-hybridized carbons (Fsp3) is 0.182. The van der Waals surface area contributed by atoms with Crippen molar-refractivity contribution in [2.45, 2.75) is 6.61 Å². The highest BCUT2D eigenvalue weighted by atomic mass is 16.5. The van der Waals surface area contributed by atoms with E-state index >= 15 is 0 Å². The van der Waals surface area contributed by atoms with Crippen LogP contribution in [0.2, 0.25) is 0 Å². The lowest BCUT2D eigenvalue weighted by Gasteiger charge is -2.03. The Morgan fingerprint density at radius 3 is 3.00 bits per heavy atom. The van der Waals surface area contributed by atoms with E-state index in [9.17, 15) is 0 Å². The molecule has 15 heavy (non-hydrogen) atoms. The van der Waals surface area contributed by atoms with Crippen molar-refractivity contribution in [3.8, 4) is 11.3 Å². The number of nitrogens with zero attached hydrogens (tertiary/aromatic N) is 1. The quantitative estimate of drug-likeness (QED) is 0.799. The number of aromatic amines is 1. The number of aromatic nitrogens is 2. The molecule has 78 valence electrons. The van der Waals surface area contributed by atoms with Gasteiger partial charge in [0.1, 0.15) is 0 Å². The molecule has 0 aliphatic carbocycles. The van der Waals surface area contributed by atoms with Gasteiger partial charge >= 0.3 is 0 Å². The van der Waals surface area contributed by atoms with Crippen LogP contribution < -0.4 is 5.73 Å². The zero-order valence-electron chi connectivity index (χ0n) is 8.53. The van der Waals surface area contributed by atoms with Gasteiger partial charge in [-0.2, -0.15) is 5.10 Å². The second-order valence-corrected chi connectivity index (χ2v) is 3.33. The summed E-state index contributed by atoms with van der Waals surface area (Å²) in [6.45, 7) is 0.599. The average Bonchev–Trinajstić information content (AvgIpc) is 2.65. The standard InChI is InChI=1S/C11H13N3O/c1-15-7-8-3-2-4-9(5-8)11-10(12)6-13-14-11/h2-6H,7,12H2,1H3,(H,13,14). The summed E-state index contributed by atoms with van der Waals surface area (Å²) in [6, 6.07) is 8.01. The van der Waals surface area contributed by atoms with E-state index in [4.69, 9.17) is 10.5 Å². The number of hydrogen-bond donors (Lipinski definition) is 2. The summed E-state index contributed by atoms with van der Waals surface area (Å²) < 4.78 is 5.07. The van der Waals surface area contributed by atoms with Gasteiger partial charge in [0.2, 0.25) is 0 Å². The number of nitrogens with two attached hydrogens (primary N) is 1. The summed E-state index contributed by atoms with van der Waals surface area (Å²) in [5.41, 5.74) is 9.43. The third kappa shape index (κ3) is 1.99. The second kappa shape index (κ2) is 4.14. The van der Waals surface area contributed by atoms with Crippen molar-refractivity contribution in [1.82, 2.24) is 10.2 Å². The van der Waals surface area contributed by atoms with Crippen molar-refractivity contribution < 1.29 is 4.74 Å². The largest absolute Gasteiger partial charge is 0.396 e. The van der Waals surface area contributed by atoms with Gasteiger partial charge in [0.25, 0.3) is 0 Å². The third-order valence-corrected chi connectivity index (χ3v) is 2.20. The van der Waals surface area contributed by atoms with E-state index in [2.05, 4.69) is 10.2 Å². The lowest BCUT2D eigenvalue weighted by atomic mass is 10.1. The van der Waals surface area contributed by atoms with Gasteiger partial charge in [0.05, 0.1) is 24.2 Å². The van der Waals surface area contributed by atoms with Gasteiger partial charge in [0, 0.05) is 12.7 Å². The summed E-state index contributed by atoms with van der Waals surface area (Å²) in [7, 11) is 1.68. The van der Waals surface area contributed by atoms with Crippen LogP contribution in [0.15, 0.2) is 30.5 Å². The maximum absolute atomic E-state index is 5.77. The molecular weight excluding hydrogens is 190 g/mol. The molecule has 0 amide bonds. The molecule has 4 nitrogen and oxygen atoms in total. The maximum Gasteiger partial charge on any atom is 0.0880 e. The maximum atomic E-state index is 5.77. The predicted octanol–water partition coefficient (Wildman–Crippen LogP) is 1.81. The zero-order valence-corrected chi connectivity index (χ0v) is 8.53. The Morgan fingerprint density at radius 2 is 2.33 bits per heavy atom. The van der Waals surface area contributed by atoms with E-state index in [0.717, 1.165) is 16.8 Å². The van der Waals surface area contributed by atoms with Gasteiger partial charge in [0.15, 0.2) is 0 Å². The predicted molar refractivity (Wildman–Crippen MR) is 59.1 cm³/mol. The van der Waals surface area contributed by atoms with Crippen LogP contribution in [0.1, 0.15) is 5.56 Å². The van der Waals surface area contributed by atoms with Gasteiger partial charge in [-0.05, 0) is 11.6 Å². The number of nitrogen functional groups attached to an aromatic ring is 1. The molecule has 0 saturated carbocycles. The Morgan fingerprint density at radius 1 is 1.47 bits per heavy atom. The van der Waals surface area contributed by atoms with Gasteiger partial charge in [-0.1, -0.05) is 18.2 Å². The normalized spacial score (nSPS) is 10.5. The Kier molecular flexibility index (Phi) is 2.69. The number of nitrogens with one attached hydrogen (secondary N) is 1. The first-order valence-electron chi connectivity index (χ1n) is 4.68. The molecule has 2 rings (SSSR count). The van der Waals surface area contributed by atoms with Gasteiger partial charge in [-0.25, -0.2) is 0 Å². The molecule has 0 unspecified atom stereocenters. The Labute approximate surface area is 88.1 Å². The van der Waals surface area contributed by atoms with Gasteiger partial charge < -0.3 is 10.5 Å². The SMILES string of the molecule is COCc1cccc(-c2[nH]ncc2N)c1. The molecule has 0 aliphatic heterocycles. The molecule has 2 aromatic rings. The Balaban J connectivity index is 2.37. The van der Waals surface area contributed by atoms with Crippen molar-refractivity contribution in [3.05, 3.63) is 36.0 Å². The molecule has 0 spiro atoms. The highest BCUT2D eigenvalue weighted by Gasteiger charge is 2.04. The highest BCUT2D eigenvalue weighted by Crippen LogP contribution is 2.23. The van der Waals surface area contributed by atoms with Crippen molar-refractivity contribution in [1.29, 1.82) is 0 Å². The summed E-state index contributed by atoms with van der Waals surface area (Å²) in [5.74, 6) is 0. The van der Waals surface area contributed by atoms with E-state index in [0.29, 0.717) is 12.3 Å². The summed E-state index contributed by atoms with van der Waals surface area (Å²) in [4.78, 5) is 0. The first-order chi connectivity index (χ1) is 7.31. The second-order valence-electron chi connectivity index (χ2n) is 3.33. The fourth-order valence-electron chi connectivity index (χ4n) is 1.51. The van der Waals surface area contributed by atoms with Crippen LogP contribution in [0.3, 0.4) is 0 Å². The van der Waals surface area contributed by atoms with Crippen LogP contribution in [0.4, 0.5) is 5.69 Å². The van der Waals surface area contributed by atoms with Crippen LogP contribution in [0, 0.1) is 0 Å². The number of anilines is 1. The molecule has 1 heterocycles. The Hall–Kier alpha value is -1.81. The molecule has 3 N–H and O–H groups in total. The molecule has 4 heteroatoms. The molecule has 0 atom stereocenters. The Bertz CT molecular complexity index is 451. The minimum atomic E-state index is 0.599. The number of rotatable bonds is 3. The number of hydrogen-bond acceptors (Lipinski definition) is 3. The molecule has 1 aromatic carbocycles. The van der Waals surface area contributed by atoms with Crippen molar-refractivity contribution in [3.63, 3.8) is 0 Å². The minimum Gasteiger partial charge on any atom is -0.396 e. The first-order valence-corrected chi connectivity index (χ1v) is 4.68. The van der Waals surface area contributed by atoms with E-state index in [1.54, 1.807) is 13.3 Å². The van der Waals surface area contributed by atoms with Gasteiger partial charge in [-0.3, -0.25) is 5.10 Å². The summed E-state index contributed by atoms with van der Waals surface area (Å²) in [6.07, 6.45) is 1.61. The molecule has 0 radical (unpaired) electrons. The van der Waals surface area contributed by atoms with Crippen molar-refractivity contribution in [2.24, 2.45) is 0 Å². The molecule has 1 aromatic heterocycles. The first kappa shape index (κ1) is 9.73. The lowest BCUT2D eigenvalue weighted by Crippen LogP contribution is -1.90. The number of methoxy groups -OCH3 is 1. The number of ether oxygens (including phenoxy) is 1. The van der Waals surface area contributed by atoms with Crippen LogP contribution in [0.5, 0.6) is 0 Å². The van der Waals surface area contributed by atoms with Crippen molar-refractivity contribution >= 4 is 5.69 Å². The molecule has 0 bridgehead atoms. The average molecular weight is 203 g/mol. The van der Waals surface area contributed by atoms with E-state index in [1.165, 1.54) is 0 Å². The van der Waals surface area contributed by atoms with E-state index in [-0.39, 0.29) is 0 Å². The van der Waals surface area contributed by atoms with E-state index < -0.39 is 0 Å². The summed E-state index contributed by atoms with van der Waals surface area (Å²) in [5, 5.41) is 6.77. The fourth-order valence-corrected chi connectivity index (χ4v) is 1.51. The monoisotopic (exact) mass is 203 g/mol. The third-order valence-electron chi connectivity index (χ3n) is 2.20. The van der Waals surface area contributed by atoms with Crippen molar-refractivity contribution in [2.75, 3.05) is 12.8 Å². The number of benzene rings is 1. The van der Waals surface area contributed by atoms with E-state index in [1.807, 2.05) is 24.3 Å². The topological polar surface area (TPSA) is 63.9 Å². The zero-order chi connectivity index (χ0) is 10.7. The highest BCUT2D eigenvalue weighted by molar-refractivity contribution is 5.72. The smallest absolute Gasteiger partial charge is 0.0880 e. The summed E-state index contributed by atoms with van der Waals surface area (Å²) >= 11 is 0. The van der Waals surface area contributed by atoms with Gasteiger partial charge in [-0.15, -0.1) is 0 Å². The van der Waals surface area contributed by atoms with Crippen LogP contribution in [0.25, 0.3) is 11.3 Å². The molecule has 0 saturated heterocycles. The molecule has 0 fully saturated rings. The van der Waals surface area contributed by atoms with Crippen LogP contribution in [-0.4, -0.2) is 17.3 Å². The minimum absolute atomic E-state index is 0.599.